The van der Waals surface area contributed by atoms with Crippen LogP contribution in [0.25, 0.3) is 11.4 Å². The van der Waals surface area contributed by atoms with Crippen LogP contribution in [0.5, 0.6) is 0 Å². The van der Waals surface area contributed by atoms with Crippen molar-refractivity contribution in [3.63, 3.8) is 0 Å². The molecule has 1 atom stereocenters. The molecule has 3 rings (SSSR count). The summed E-state index contributed by atoms with van der Waals surface area (Å²) < 4.78 is 5.28. The Kier molecular flexibility index (Phi) is 2.22. The molecule has 1 aliphatic carbocycles. The van der Waals surface area contributed by atoms with E-state index in [0.29, 0.717) is 17.6 Å². The average molecular weight is 230 g/mol. The molecule has 2 N–H and O–H groups in total. The largest absolute Gasteiger partial charge is 0.337 e. The summed E-state index contributed by atoms with van der Waals surface area (Å²) in [5, 5.41) is 3.97. The molecule has 0 aromatic carbocycles. The van der Waals surface area contributed by atoms with Gasteiger partial charge in [-0.2, -0.15) is 4.98 Å². The maximum atomic E-state index is 6.23. The highest BCUT2D eigenvalue weighted by molar-refractivity contribution is 5.52. The van der Waals surface area contributed by atoms with Gasteiger partial charge < -0.3 is 10.3 Å². The molecule has 5 nitrogen and oxygen atoms in total. The molecular weight excluding hydrogens is 216 g/mol. The Bertz CT molecular complexity index is 516. The lowest BCUT2D eigenvalue weighted by Crippen LogP contribution is -2.35. The lowest BCUT2D eigenvalue weighted by Gasteiger charge is -2.18. The van der Waals surface area contributed by atoms with Gasteiger partial charge in [0.05, 0.1) is 5.54 Å². The molecule has 1 unspecified atom stereocenters. The van der Waals surface area contributed by atoms with Crippen molar-refractivity contribution in [2.75, 3.05) is 0 Å². The first kappa shape index (κ1) is 10.4. The quantitative estimate of drug-likeness (QED) is 0.868. The van der Waals surface area contributed by atoms with E-state index in [1.165, 1.54) is 0 Å². The molecule has 0 spiro atoms. The van der Waals surface area contributed by atoms with Crippen LogP contribution in [0.2, 0.25) is 0 Å². The van der Waals surface area contributed by atoms with Crippen LogP contribution in [0.3, 0.4) is 0 Å². The maximum Gasteiger partial charge on any atom is 0.247 e. The van der Waals surface area contributed by atoms with Crippen LogP contribution in [0.15, 0.2) is 29.0 Å². The molecule has 2 heterocycles. The van der Waals surface area contributed by atoms with Gasteiger partial charge in [0, 0.05) is 18.0 Å². The number of nitrogens with two attached hydrogens (primary N) is 1. The summed E-state index contributed by atoms with van der Waals surface area (Å²) in [6.07, 6.45) is 5.68. The zero-order valence-electron chi connectivity index (χ0n) is 9.63. The molecule has 0 aliphatic heterocycles. The highest BCUT2D eigenvalue weighted by Gasteiger charge is 2.43. The van der Waals surface area contributed by atoms with Crippen LogP contribution < -0.4 is 5.73 Å². The minimum Gasteiger partial charge on any atom is -0.337 e. The van der Waals surface area contributed by atoms with E-state index in [9.17, 15) is 0 Å². The van der Waals surface area contributed by atoms with Crippen LogP contribution in [-0.2, 0) is 5.54 Å². The Balaban J connectivity index is 1.93. The summed E-state index contributed by atoms with van der Waals surface area (Å²) in [6, 6.07) is 3.69. The van der Waals surface area contributed by atoms with Gasteiger partial charge >= 0.3 is 0 Å². The lowest BCUT2D eigenvalue weighted by atomic mass is 9.97. The molecule has 1 aliphatic rings. The number of hydrogen-bond acceptors (Lipinski definition) is 5. The molecule has 0 amide bonds. The molecule has 0 bridgehead atoms. The number of aromatic nitrogens is 3. The standard InChI is InChI=1S/C12H14N4O/c1-12(13,9-2-3-9)11-15-10(16-17-11)8-4-6-14-7-5-8/h4-7,9H,2-3,13H2,1H3. The van der Waals surface area contributed by atoms with E-state index in [1.807, 2.05) is 19.1 Å². The first-order valence-electron chi connectivity index (χ1n) is 5.71. The van der Waals surface area contributed by atoms with Crippen LogP contribution in [0.1, 0.15) is 25.7 Å². The second-order valence-electron chi connectivity index (χ2n) is 4.72. The van der Waals surface area contributed by atoms with Crippen molar-refractivity contribution in [2.24, 2.45) is 11.7 Å². The van der Waals surface area contributed by atoms with E-state index in [4.69, 9.17) is 10.3 Å². The summed E-state index contributed by atoms with van der Waals surface area (Å²) in [7, 11) is 0. The smallest absolute Gasteiger partial charge is 0.247 e. The van der Waals surface area contributed by atoms with Gasteiger partial charge in [-0.3, -0.25) is 4.98 Å². The maximum absolute atomic E-state index is 6.23. The van der Waals surface area contributed by atoms with Crippen LogP contribution in [0, 0.1) is 5.92 Å². The van der Waals surface area contributed by atoms with Crippen molar-refractivity contribution in [3.8, 4) is 11.4 Å². The zero-order chi connectivity index (χ0) is 11.9. The van der Waals surface area contributed by atoms with E-state index >= 15 is 0 Å². The predicted molar refractivity (Wildman–Crippen MR) is 61.8 cm³/mol. The molecule has 5 heteroatoms. The minimum atomic E-state index is -0.502. The van der Waals surface area contributed by atoms with Crippen molar-refractivity contribution in [1.29, 1.82) is 0 Å². The second kappa shape index (κ2) is 3.63. The molecule has 2 aromatic rings. The fourth-order valence-corrected chi connectivity index (χ4v) is 1.92. The first-order chi connectivity index (χ1) is 8.18. The summed E-state index contributed by atoms with van der Waals surface area (Å²) in [5.41, 5.74) is 6.61. The van der Waals surface area contributed by atoms with Crippen LogP contribution in [0.4, 0.5) is 0 Å². The van der Waals surface area contributed by atoms with Gasteiger partial charge in [0.2, 0.25) is 11.7 Å². The zero-order valence-corrected chi connectivity index (χ0v) is 9.63. The SMILES string of the molecule is CC(N)(c1nc(-c2ccncc2)no1)C1CC1. The fourth-order valence-electron chi connectivity index (χ4n) is 1.92. The molecule has 0 radical (unpaired) electrons. The summed E-state index contributed by atoms with van der Waals surface area (Å²) in [4.78, 5) is 8.34. The number of nitrogens with zero attached hydrogens (tertiary/aromatic N) is 3. The third-order valence-electron chi connectivity index (χ3n) is 3.25. The van der Waals surface area contributed by atoms with E-state index in [2.05, 4.69) is 15.1 Å². The minimum absolute atomic E-state index is 0.466. The highest BCUT2D eigenvalue weighted by Crippen LogP contribution is 2.43. The summed E-state index contributed by atoms with van der Waals surface area (Å²) in [5.74, 6) is 1.56. The lowest BCUT2D eigenvalue weighted by molar-refractivity contribution is 0.273. The van der Waals surface area contributed by atoms with Gasteiger partial charge in [-0.05, 0) is 37.8 Å². The number of rotatable bonds is 3. The molecule has 2 aromatic heterocycles. The van der Waals surface area contributed by atoms with Crippen molar-refractivity contribution in [3.05, 3.63) is 30.4 Å². The Morgan fingerprint density at radius 3 is 2.71 bits per heavy atom. The summed E-state index contributed by atoms with van der Waals surface area (Å²) in [6.45, 7) is 1.95. The number of hydrogen-bond donors (Lipinski definition) is 1. The topological polar surface area (TPSA) is 77.8 Å². The van der Waals surface area contributed by atoms with Gasteiger partial charge in [-0.1, -0.05) is 5.16 Å². The Labute approximate surface area is 99.1 Å². The highest BCUT2D eigenvalue weighted by atomic mass is 16.5. The molecule has 17 heavy (non-hydrogen) atoms. The van der Waals surface area contributed by atoms with Crippen molar-refractivity contribution >= 4 is 0 Å². The Hall–Kier alpha value is -1.75. The van der Waals surface area contributed by atoms with Gasteiger partial charge in [-0.15, -0.1) is 0 Å². The second-order valence-corrected chi connectivity index (χ2v) is 4.72. The molecule has 0 saturated heterocycles. The Morgan fingerprint density at radius 1 is 1.35 bits per heavy atom. The summed E-state index contributed by atoms with van der Waals surface area (Å²) >= 11 is 0. The Morgan fingerprint density at radius 2 is 2.06 bits per heavy atom. The van der Waals surface area contributed by atoms with Crippen molar-refractivity contribution in [2.45, 2.75) is 25.3 Å². The van der Waals surface area contributed by atoms with E-state index in [0.717, 1.165) is 18.4 Å². The normalized spacial score (nSPS) is 18.9. The van der Waals surface area contributed by atoms with Gasteiger partial charge in [0.15, 0.2) is 0 Å². The molecular formula is C12H14N4O. The third-order valence-corrected chi connectivity index (χ3v) is 3.25. The number of pyridine rings is 1. The van der Waals surface area contributed by atoms with Gasteiger partial charge in [-0.25, -0.2) is 0 Å². The molecule has 88 valence electrons. The molecule has 1 saturated carbocycles. The first-order valence-corrected chi connectivity index (χ1v) is 5.71. The average Bonchev–Trinajstić information content (AvgIpc) is 3.08. The van der Waals surface area contributed by atoms with Crippen LogP contribution >= 0.6 is 0 Å². The van der Waals surface area contributed by atoms with Crippen molar-refractivity contribution in [1.82, 2.24) is 15.1 Å². The van der Waals surface area contributed by atoms with Crippen LogP contribution in [-0.4, -0.2) is 15.1 Å². The predicted octanol–water partition coefficient (Wildman–Crippen LogP) is 1.72. The van der Waals surface area contributed by atoms with Crippen molar-refractivity contribution < 1.29 is 4.52 Å². The van der Waals surface area contributed by atoms with Gasteiger partial charge in [0.25, 0.3) is 0 Å². The fraction of sp³-hybridized carbons (Fsp3) is 0.417. The third kappa shape index (κ3) is 1.82. The van der Waals surface area contributed by atoms with Gasteiger partial charge in [0.1, 0.15) is 0 Å². The van der Waals surface area contributed by atoms with E-state index < -0.39 is 5.54 Å². The molecule has 1 fully saturated rings. The monoisotopic (exact) mass is 230 g/mol. The van der Waals surface area contributed by atoms with E-state index in [-0.39, 0.29) is 0 Å². The van der Waals surface area contributed by atoms with E-state index in [1.54, 1.807) is 12.4 Å².